The lowest BCUT2D eigenvalue weighted by Gasteiger charge is -2.59. The predicted molar refractivity (Wildman–Crippen MR) is 82.9 cm³/mol. The van der Waals surface area contributed by atoms with Crippen molar-refractivity contribution in [3.63, 3.8) is 0 Å². The van der Waals surface area contributed by atoms with E-state index in [1.165, 1.54) is 12.1 Å². The quantitative estimate of drug-likeness (QED) is 0.928. The van der Waals surface area contributed by atoms with Crippen molar-refractivity contribution in [3.8, 4) is 0 Å². The number of aryl methyl sites for hydroxylation is 1. The monoisotopic (exact) mass is 305 g/mol. The number of rotatable bonds is 4. The summed E-state index contributed by atoms with van der Waals surface area (Å²) in [5, 5.41) is 3.19. The maximum Gasteiger partial charge on any atom is 0.220 e. The fourth-order valence-corrected chi connectivity index (χ4v) is 3.97. The number of carbonyl (C=O) groups excluding carboxylic acids is 1. The molecule has 1 saturated heterocycles. The van der Waals surface area contributed by atoms with Crippen LogP contribution in [0.1, 0.15) is 38.7 Å². The molecule has 1 aliphatic heterocycles. The zero-order valence-corrected chi connectivity index (χ0v) is 13.3. The Morgan fingerprint density at radius 3 is 2.82 bits per heavy atom. The summed E-state index contributed by atoms with van der Waals surface area (Å²) in [5.74, 6) is 0.290. The topological polar surface area (TPSA) is 38.3 Å². The lowest BCUT2D eigenvalue weighted by molar-refractivity contribution is -0.193. The van der Waals surface area contributed by atoms with Gasteiger partial charge in [-0.3, -0.25) is 4.79 Å². The molecular formula is C18H24FNO2. The fraction of sp³-hybridized carbons (Fsp3) is 0.611. The number of hydrogen-bond acceptors (Lipinski definition) is 2. The van der Waals surface area contributed by atoms with Gasteiger partial charge in [-0.05, 0) is 37.0 Å². The van der Waals surface area contributed by atoms with Gasteiger partial charge in [0.2, 0.25) is 5.91 Å². The zero-order valence-electron chi connectivity index (χ0n) is 13.3. The maximum atomic E-state index is 12.9. The number of ether oxygens (including phenoxy) is 1. The molecule has 120 valence electrons. The van der Waals surface area contributed by atoms with Gasteiger partial charge in [0.05, 0.1) is 6.10 Å². The summed E-state index contributed by atoms with van der Waals surface area (Å²) in [6.45, 7) is 5.19. The van der Waals surface area contributed by atoms with Crippen LogP contribution in [0.15, 0.2) is 24.3 Å². The van der Waals surface area contributed by atoms with Crippen LogP contribution >= 0.6 is 0 Å². The van der Waals surface area contributed by atoms with E-state index in [9.17, 15) is 9.18 Å². The molecule has 1 heterocycles. The minimum absolute atomic E-state index is 0.0105. The molecule has 0 radical (unpaired) electrons. The molecule has 1 aromatic rings. The van der Waals surface area contributed by atoms with E-state index in [1.54, 1.807) is 12.1 Å². The first-order valence-corrected chi connectivity index (χ1v) is 8.14. The van der Waals surface area contributed by atoms with Gasteiger partial charge in [0.25, 0.3) is 0 Å². The van der Waals surface area contributed by atoms with Crippen LogP contribution in [0.3, 0.4) is 0 Å². The SMILES string of the molecule is CC1(C)[C@H](NC(=O)CCc2ccc(F)cc2)[C@@H]2CCCO[C@@H]21. The van der Waals surface area contributed by atoms with Gasteiger partial charge in [-0.25, -0.2) is 4.39 Å². The average molecular weight is 305 g/mol. The van der Waals surface area contributed by atoms with Crippen molar-refractivity contribution >= 4 is 5.91 Å². The number of hydrogen-bond donors (Lipinski definition) is 1. The molecule has 0 aromatic heterocycles. The van der Waals surface area contributed by atoms with Crippen molar-refractivity contribution in [2.75, 3.05) is 6.61 Å². The Labute approximate surface area is 131 Å². The highest BCUT2D eigenvalue weighted by molar-refractivity contribution is 5.76. The van der Waals surface area contributed by atoms with E-state index in [4.69, 9.17) is 4.74 Å². The summed E-state index contributed by atoms with van der Waals surface area (Å²) in [4.78, 5) is 12.2. The lowest BCUT2D eigenvalue weighted by atomic mass is 9.55. The first-order chi connectivity index (χ1) is 10.5. The Bertz CT molecular complexity index is 541. The van der Waals surface area contributed by atoms with Crippen LogP contribution in [0.2, 0.25) is 0 Å². The molecule has 2 aliphatic rings. The minimum Gasteiger partial charge on any atom is -0.377 e. The Morgan fingerprint density at radius 2 is 2.09 bits per heavy atom. The van der Waals surface area contributed by atoms with Gasteiger partial charge in [0.15, 0.2) is 0 Å². The van der Waals surface area contributed by atoms with Crippen LogP contribution in [-0.2, 0) is 16.0 Å². The summed E-state index contributed by atoms with van der Waals surface area (Å²) >= 11 is 0. The lowest BCUT2D eigenvalue weighted by Crippen LogP contribution is -2.70. The molecule has 1 N–H and O–H groups in total. The van der Waals surface area contributed by atoms with Gasteiger partial charge in [-0.1, -0.05) is 26.0 Å². The normalized spacial score (nSPS) is 29.3. The van der Waals surface area contributed by atoms with Crippen LogP contribution in [0.4, 0.5) is 4.39 Å². The summed E-state index contributed by atoms with van der Waals surface area (Å²) in [6, 6.07) is 6.55. The Hall–Kier alpha value is -1.42. The van der Waals surface area contributed by atoms with Gasteiger partial charge < -0.3 is 10.1 Å². The number of amides is 1. The smallest absolute Gasteiger partial charge is 0.220 e. The number of fused-ring (bicyclic) bond motifs is 1. The van der Waals surface area contributed by atoms with Crippen molar-refractivity contribution in [1.29, 1.82) is 0 Å². The van der Waals surface area contributed by atoms with Crippen molar-refractivity contribution in [2.45, 2.75) is 51.7 Å². The van der Waals surface area contributed by atoms with Crippen LogP contribution in [0.25, 0.3) is 0 Å². The second-order valence-electron chi connectivity index (χ2n) is 7.09. The molecule has 3 nitrogen and oxygen atoms in total. The Kier molecular flexibility index (Phi) is 4.22. The van der Waals surface area contributed by atoms with Crippen molar-refractivity contribution in [3.05, 3.63) is 35.6 Å². The Balaban J connectivity index is 1.52. The van der Waals surface area contributed by atoms with Crippen LogP contribution in [0.5, 0.6) is 0 Å². The summed E-state index contributed by atoms with van der Waals surface area (Å²) < 4.78 is 18.7. The third-order valence-electron chi connectivity index (χ3n) is 5.20. The van der Waals surface area contributed by atoms with Crippen molar-refractivity contribution in [1.82, 2.24) is 5.32 Å². The molecule has 4 heteroatoms. The first kappa shape index (κ1) is 15.5. The largest absolute Gasteiger partial charge is 0.377 e. The van der Waals surface area contributed by atoms with E-state index >= 15 is 0 Å². The molecular weight excluding hydrogens is 281 g/mol. The summed E-state index contributed by atoms with van der Waals surface area (Å²) in [5.41, 5.74) is 1.000. The predicted octanol–water partition coefficient (Wildman–Crippen LogP) is 3.08. The van der Waals surface area contributed by atoms with E-state index in [1.807, 2.05) is 0 Å². The van der Waals surface area contributed by atoms with Gasteiger partial charge in [-0.2, -0.15) is 0 Å². The highest BCUT2D eigenvalue weighted by Crippen LogP contribution is 2.51. The van der Waals surface area contributed by atoms with Crippen molar-refractivity contribution < 1.29 is 13.9 Å². The molecule has 0 unspecified atom stereocenters. The number of nitrogens with one attached hydrogen (secondary N) is 1. The molecule has 3 rings (SSSR count). The van der Waals surface area contributed by atoms with Crippen LogP contribution < -0.4 is 5.32 Å². The van der Waals surface area contributed by atoms with Gasteiger partial charge in [0.1, 0.15) is 5.82 Å². The molecule has 3 atom stereocenters. The number of benzene rings is 1. The van der Waals surface area contributed by atoms with E-state index < -0.39 is 0 Å². The molecule has 22 heavy (non-hydrogen) atoms. The standard InChI is InChI=1S/C18H24FNO2/c1-18(2)16(14-4-3-11-22-17(14)18)20-15(21)10-7-12-5-8-13(19)9-6-12/h5-6,8-9,14,16-17H,3-4,7,10-11H2,1-2H3,(H,20,21)/t14-,16+,17-/m0/s1. The molecule has 1 saturated carbocycles. The first-order valence-electron chi connectivity index (χ1n) is 8.14. The molecule has 0 spiro atoms. The van der Waals surface area contributed by atoms with Crippen LogP contribution in [0, 0.1) is 17.2 Å². The van der Waals surface area contributed by atoms with Gasteiger partial charge in [-0.15, -0.1) is 0 Å². The molecule has 0 bridgehead atoms. The number of carbonyl (C=O) groups is 1. The minimum atomic E-state index is -0.243. The fourth-order valence-electron chi connectivity index (χ4n) is 3.97. The number of halogens is 1. The molecule has 2 fully saturated rings. The summed E-state index contributed by atoms with van der Waals surface area (Å²) in [6.07, 6.45) is 3.58. The highest BCUT2D eigenvalue weighted by atomic mass is 19.1. The second-order valence-corrected chi connectivity index (χ2v) is 7.09. The third kappa shape index (κ3) is 2.89. The van der Waals surface area contributed by atoms with E-state index in [2.05, 4.69) is 19.2 Å². The molecule has 1 amide bonds. The second kappa shape index (κ2) is 5.99. The summed E-state index contributed by atoms with van der Waals surface area (Å²) in [7, 11) is 0. The van der Waals surface area contributed by atoms with Gasteiger partial charge >= 0.3 is 0 Å². The van der Waals surface area contributed by atoms with E-state index in [0.29, 0.717) is 18.8 Å². The highest BCUT2D eigenvalue weighted by Gasteiger charge is 2.58. The van der Waals surface area contributed by atoms with Gasteiger partial charge in [0, 0.05) is 30.4 Å². The average Bonchev–Trinajstić information content (AvgIpc) is 2.52. The van der Waals surface area contributed by atoms with E-state index in [-0.39, 0.29) is 29.3 Å². The zero-order chi connectivity index (χ0) is 15.7. The van der Waals surface area contributed by atoms with E-state index in [0.717, 1.165) is 25.0 Å². The van der Waals surface area contributed by atoms with Crippen LogP contribution in [-0.4, -0.2) is 24.7 Å². The van der Waals surface area contributed by atoms with Crippen molar-refractivity contribution in [2.24, 2.45) is 11.3 Å². The molecule has 1 aliphatic carbocycles. The Morgan fingerprint density at radius 1 is 1.36 bits per heavy atom. The maximum absolute atomic E-state index is 12.9. The molecule has 1 aromatic carbocycles. The third-order valence-corrected chi connectivity index (χ3v) is 5.20.